The summed E-state index contributed by atoms with van der Waals surface area (Å²) in [4.78, 5) is 4.02. The highest BCUT2D eigenvalue weighted by atomic mass is 32.2. The molecule has 10 heteroatoms. The van der Waals surface area contributed by atoms with Crippen molar-refractivity contribution in [3.63, 3.8) is 0 Å². The van der Waals surface area contributed by atoms with Crippen LogP contribution >= 0.6 is 0 Å². The van der Waals surface area contributed by atoms with Crippen LogP contribution < -0.4 is 0 Å². The second-order valence-electron chi connectivity index (χ2n) is 5.37. The lowest BCUT2D eigenvalue weighted by Crippen LogP contribution is -2.28. The van der Waals surface area contributed by atoms with Gasteiger partial charge in [-0.05, 0) is 40.0 Å². The SMILES string of the molecule is CN(CCCCN(C)CCOS(C)(=O)=O)CCOS(C)(=O)=O. The third-order valence-electron chi connectivity index (χ3n) is 2.87. The molecule has 0 aromatic heterocycles. The van der Waals surface area contributed by atoms with Crippen LogP contribution in [0.4, 0.5) is 0 Å². The van der Waals surface area contributed by atoms with E-state index in [4.69, 9.17) is 0 Å². The van der Waals surface area contributed by atoms with E-state index in [-0.39, 0.29) is 13.2 Å². The standard InChI is InChI=1S/C12H28N2O6S2/c1-13(9-11-19-21(3,15)16)7-5-6-8-14(2)10-12-20-22(4,17)18/h5-12H2,1-4H3. The third-order valence-corrected chi connectivity index (χ3v) is 4.06. The van der Waals surface area contributed by atoms with Crippen molar-refractivity contribution in [3.05, 3.63) is 0 Å². The Morgan fingerprint density at radius 2 is 1.00 bits per heavy atom. The van der Waals surface area contributed by atoms with E-state index < -0.39 is 20.2 Å². The molecule has 22 heavy (non-hydrogen) atoms. The van der Waals surface area contributed by atoms with Gasteiger partial charge in [0.05, 0.1) is 25.7 Å². The average Bonchev–Trinajstić information content (AvgIpc) is 2.31. The van der Waals surface area contributed by atoms with Crippen molar-refractivity contribution in [2.75, 3.05) is 66.0 Å². The molecule has 0 amide bonds. The largest absolute Gasteiger partial charge is 0.304 e. The second kappa shape index (κ2) is 10.5. The topological polar surface area (TPSA) is 93.2 Å². The first kappa shape index (κ1) is 21.7. The van der Waals surface area contributed by atoms with E-state index in [1.165, 1.54) is 0 Å². The minimum Gasteiger partial charge on any atom is -0.304 e. The third kappa shape index (κ3) is 16.1. The van der Waals surface area contributed by atoms with Crippen molar-refractivity contribution in [3.8, 4) is 0 Å². The molecular formula is C12H28N2O6S2. The van der Waals surface area contributed by atoms with Crippen LogP contribution in [-0.4, -0.2) is 92.6 Å². The van der Waals surface area contributed by atoms with Crippen molar-refractivity contribution in [1.29, 1.82) is 0 Å². The molecule has 0 saturated heterocycles. The molecule has 0 rings (SSSR count). The lowest BCUT2D eigenvalue weighted by atomic mass is 10.3. The Labute approximate surface area is 134 Å². The molecule has 134 valence electrons. The highest BCUT2D eigenvalue weighted by molar-refractivity contribution is 7.86. The summed E-state index contributed by atoms with van der Waals surface area (Å²) >= 11 is 0. The van der Waals surface area contributed by atoms with E-state index in [2.05, 4.69) is 8.37 Å². The van der Waals surface area contributed by atoms with Gasteiger partial charge in [0.25, 0.3) is 20.2 Å². The fraction of sp³-hybridized carbons (Fsp3) is 1.00. The Kier molecular flexibility index (Phi) is 10.4. The van der Waals surface area contributed by atoms with Gasteiger partial charge in [0.15, 0.2) is 0 Å². The average molecular weight is 360 g/mol. The zero-order valence-electron chi connectivity index (χ0n) is 13.8. The van der Waals surface area contributed by atoms with E-state index in [1.807, 2.05) is 23.9 Å². The zero-order valence-corrected chi connectivity index (χ0v) is 15.5. The fourth-order valence-corrected chi connectivity index (χ4v) is 2.43. The number of rotatable bonds is 13. The van der Waals surface area contributed by atoms with Crippen LogP contribution in [0.25, 0.3) is 0 Å². The smallest absolute Gasteiger partial charge is 0.264 e. The molecule has 0 aliphatic rings. The molecular weight excluding hydrogens is 332 g/mol. The van der Waals surface area contributed by atoms with E-state index in [9.17, 15) is 16.8 Å². The van der Waals surface area contributed by atoms with E-state index in [1.54, 1.807) is 0 Å². The van der Waals surface area contributed by atoms with Crippen LogP contribution in [0, 0.1) is 0 Å². The normalized spacial score (nSPS) is 13.2. The van der Waals surface area contributed by atoms with E-state index in [0.29, 0.717) is 13.1 Å². The molecule has 0 radical (unpaired) electrons. The van der Waals surface area contributed by atoms with Gasteiger partial charge in [0.1, 0.15) is 0 Å². The van der Waals surface area contributed by atoms with Gasteiger partial charge in [0, 0.05) is 13.1 Å². The first-order chi connectivity index (χ1) is 9.99. The molecule has 0 aromatic rings. The number of hydrogen-bond donors (Lipinski definition) is 0. The predicted octanol–water partition coefficient (Wildman–Crippen LogP) is -0.417. The maximum absolute atomic E-state index is 10.8. The Hall–Kier alpha value is -0.260. The lowest BCUT2D eigenvalue weighted by molar-refractivity contribution is 0.224. The second-order valence-corrected chi connectivity index (χ2v) is 8.65. The predicted molar refractivity (Wildman–Crippen MR) is 85.8 cm³/mol. The molecule has 0 heterocycles. The molecule has 0 aliphatic heterocycles. The van der Waals surface area contributed by atoms with Crippen LogP contribution in [-0.2, 0) is 28.6 Å². The molecule has 0 fully saturated rings. The maximum atomic E-state index is 10.8. The number of unbranched alkanes of at least 4 members (excludes halogenated alkanes) is 1. The molecule has 0 aliphatic carbocycles. The summed E-state index contributed by atoms with van der Waals surface area (Å²) in [5, 5.41) is 0. The van der Waals surface area contributed by atoms with Gasteiger partial charge in [-0.2, -0.15) is 16.8 Å². The first-order valence-corrected chi connectivity index (χ1v) is 10.7. The van der Waals surface area contributed by atoms with Gasteiger partial charge >= 0.3 is 0 Å². The van der Waals surface area contributed by atoms with Gasteiger partial charge < -0.3 is 9.80 Å². The zero-order chi connectivity index (χ0) is 17.2. The molecule has 0 bridgehead atoms. The molecule has 8 nitrogen and oxygen atoms in total. The van der Waals surface area contributed by atoms with Crippen LogP contribution in [0.15, 0.2) is 0 Å². The first-order valence-electron chi connectivity index (χ1n) is 7.05. The minimum absolute atomic E-state index is 0.165. The van der Waals surface area contributed by atoms with Crippen molar-refractivity contribution in [2.24, 2.45) is 0 Å². The number of nitrogens with zero attached hydrogens (tertiary/aromatic N) is 2. The van der Waals surface area contributed by atoms with Crippen molar-refractivity contribution < 1.29 is 25.2 Å². The summed E-state index contributed by atoms with van der Waals surface area (Å²) < 4.78 is 52.6. The highest BCUT2D eigenvalue weighted by Crippen LogP contribution is 1.97. The van der Waals surface area contributed by atoms with Crippen LogP contribution in [0.2, 0.25) is 0 Å². The number of likely N-dealkylation sites (N-methyl/N-ethyl adjacent to an activating group) is 2. The number of hydrogen-bond acceptors (Lipinski definition) is 8. The van der Waals surface area contributed by atoms with Crippen LogP contribution in [0.3, 0.4) is 0 Å². The Morgan fingerprint density at radius 3 is 1.27 bits per heavy atom. The van der Waals surface area contributed by atoms with Gasteiger partial charge in [-0.1, -0.05) is 0 Å². The van der Waals surface area contributed by atoms with E-state index in [0.717, 1.165) is 38.4 Å². The fourth-order valence-electron chi connectivity index (χ4n) is 1.68. The Bertz CT molecular complexity index is 446. The molecule has 0 spiro atoms. The Morgan fingerprint density at radius 1 is 0.682 bits per heavy atom. The van der Waals surface area contributed by atoms with Gasteiger partial charge in [-0.25, -0.2) is 0 Å². The van der Waals surface area contributed by atoms with Crippen molar-refractivity contribution >= 4 is 20.2 Å². The molecule has 0 saturated carbocycles. The van der Waals surface area contributed by atoms with Gasteiger partial charge in [0.2, 0.25) is 0 Å². The lowest BCUT2D eigenvalue weighted by Gasteiger charge is -2.18. The van der Waals surface area contributed by atoms with Gasteiger partial charge in [-0.15, -0.1) is 0 Å². The molecule has 0 N–H and O–H groups in total. The van der Waals surface area contributed by atoms with Crippen molar-refractivity contribution in [1.82, 2.24) is 9.80 Å². The maximum Gasteiger partial charge on any atom is 0.264 e. The summed E-state index contributed by atoms with van der Waals surface area (Å²) in [5.41, 5.74) is 0. The summed E-state index contributed by atoms with van der Waals surface area (Å²) in [6.07, 6.45) is 4.01. The summed E-state index contributed by atoms with van der Waals surface area (Å²) in [5.74, 6) is 0. The van der Waals surface area contributed by atoms with Gasteiger partial charge in [-0.3, -0.25) is 8.37 Å². The molecule has 0 aromatic carbocycles. The quantitative estimate of drug-likeness (QED) is 0.323. The summed E-state index contributed by atoms with van der Waals surface area (Å²) in [7, 11) is -2.90. The van der Waals surface area contributed by atoms with E-state index >= 15 is 0 Å². The highest BCUT2D eigenvalue weighted by Gasteiger charge is 2.05. The molecule has 0 atom stereocenters. The monoisotopic (exact) mass is 360 g/mol. The molecule has 0 unspecified atom stereocenters. The van der Waals surface area contributed by atoms with Crippen molar-refractivity contribution in [2.45, 2.75) is 12.8 Å². The van der Waals surface area contributed by atoms with Crippen LogP contribution in [0.5, 0.6) is 0 Å². The Balaban J connectivity index is 3.58. The van der Waals surface area contributed by atoms with Crippen LogP contribution in [0.1, 0.15) is 12.8 Å². The minimum atomic E-state index is -3.36. The summed E-state index contributed by atoms with van der Waals surface area (Å²) in [6, 6.07) is 0. The summed E-state index contributed by atoms with van der Waals surface area (Å²) in [6.45, 7) is 3.15.